The van der Waals surface area contributed by atoms with Crippen molar-refractivity contribution in [3.8, 4) is 17.6 Å². The highest BCUT2D eigenvalue weighted by Gasteiger charge is 2.63. The second-order valence-corrected chi connectivity index (χ2v) is 24.2. The summed E-state index contributed by atoms with van der Waals surface area (Å²) in [7, 11) is 5.96. The summed E-state index contributed by atoms with van der Waals surface area (Å²) < 4.78 is 52.0. The molecule has 2 unspecified atom stereocenters. The van der Waals surface area contributed by atoms with Crippen molar-refractivity contribution in [3.63, 3.8) is 0 Å². The molecule has 2 fully saturated rings. The second kappa shape index (κ2) is 34.5. The third-order valence-corrected chi connectivity index (χ3v) is 17.1. The number of rotatable bonds is 29. The van der Waals surface area contributed by atoms with Crippen LogP contribution in [0, 0.1) is 11.8 Å². The number of hydrogen-bond donors (Lipinski definition) is 4. The van der Waals surface area contributed by atoms with E-state index in [1.54, 1.807) is 50.1 Å². The zero-order valence-corrected chi connectivity index (χ0v) is 54.8. The summed E-state index contributed by atoms with van der Waals surface area (Å²) in [6, 6.07) is 17.8. The van der Waals surface area contributed by atoms with Crippen molar-refractivity contribution in [2.24, 2.45) is 0 Å². The Morgan fingerprint density at radius 1 is 0.815 bits per heavy atom. The lowest BCUT2D eigenvalue weighted by Gasteiger charge is -2.59. The fraction of sp³-hybridized carbons (Fsp3) is 0.544. The van der Waals surface area contributed by atoms with Gasteiger partial charge in [0, 0.05) is 83.9 Å². The maximum atomic E-state index is 14.4. The molecule has 0 aliphatic carbocycles. The van der Waals surface area contributed by atoms with Crippen LogP contribution in [0.2, 0.25) is 5.02 Å². The molecule has 6 bridgehead atoms. The number of benzene rings is 3. The average Bonchev–Trinajstić information content (AvgIpc) is 0.738. The summed E-state index contributed by atoms with van der Waals surface area (Å²) in [4.78, 5) is 97.7. The van der Waals surface area contributed by atoms with Crippen LogP contribution in [0.5, 0.6) is 5.75 Å². The number of amides is 6. The van der Waals surface area contributed by atoms with Crippen LogP contribution < -0.4 is 30.5 Å². The van der Waals surface area contributed by atoms with Gasteiger partial charge in [0.2, 0.25) is 29.5 Å². The number of nitrogens with zero attached hydrogens (tertiary/aromatic N) is 3. The van der Waals surface area contributed by atoms with Crippen LogP contribution in [-0.2, 0) is 79.6 Å². The minimum absolute atomic E-state index is 0.0463. The molecule has 2 saturated heterocycles. The van der Waals surface area contributed by atoms with Crippen molar-refractivity contribution < 1.29 is 81.3 Å². The first-order valence-corrected chi connectivity index (χ1v) is 31.7. The van der Waals surface area contributed by atoms with Crippen LogP contribution >= 0.6 is 11.6 Å². The van der Waals surface area contributed by atoms with Gasteiger partial charge in [-0.25, -0.2) is 9.59 Å². The summed E-state index contributed by atoms with van der Waals surface area (Å²) in [6.45, 7) is 10.4. The van der Waals surface area contributed by atoms with Crippen LogP contribution in [0.25, 0.3) is 0 Å². The van der Waals surface area contributed by atoms with Crippen molar-refractivity contribution in [2.45, 2.75) is 146 Å². The summed E-state index contributed by atoms with van der Waals surface area (Å²) in [5, 5.41) is 20.3. The van der Waals surface area contributed by atoms with Gasteiger partial charge >= 0.3 is 12.1 Å². The Balaban J connectivity index is 0.739. The number of unbranched alkanes of at least 4 members (excludes halogenated alkanes) is 2. The minimum atomic E-state index is -1.90. The second-order valence-electron chi connectivity index (χ2n) is 23.8. The molecule has 24 heteroatoms. The van der Waals surface area contributed by atoms with Gasteiger partial charge in [0.1, 0.15) is 46.3 Å². The van der Waals surface area contributed by atoms with Gasteiger partial charge in [-0.2, -0.15) is 0 Å². The maximum absolute atomic E-state index is 14.4. The molecule has 0 radical (unpaired) electrons. The standard InChI is InChI=1S/C68H89ClN6O17/c1-46-17-16-22-55(85-8)68(83)43-57(91-65(82)72-68)67(4)45-66(3,92-67)56(42-62(80)74(6)53-40-48(39-46)41-54(84-7)63(53)69)90-64(81)47(2)73(5)60(78)23-10-9-15-29-70-59(77)28-31-86-33-35-88-37-38-89-36-34-87-32-30-71-58(76)26-27-61(79)75-44-51-20-12-11-18-49(51)24-25-50-19-13-14-21-52(50)75/h11-14,16-22,40-41,47,55-57,83H,9-10,15,23,26-39,42-45H2,1-8H3,(H,70,77)(H,71,76)(H,72,82)/b22-16+,46-17+/t47-,55-,56+,57?,66-,67?,68+/m1/s1. The monoisotopic (exact) mass is 1300 g/mol. The van der Waals surface area contributed by atoms with E-state index in [0.717, 1.165) is 33.5 Å². The molecule has 500 valence electrons. The Morgan fingerprint density at radius 3 is 2.16 bits per heavy atom. The highest BCUT2D eigenvalue weighted by Crippen LogP contribution is 2.51. The van der Waals surface area contributed by atoms with E-state index in [2.05, 4.69) is 27.8 Å². The molecule has 3 aromatic rings. The predicted molar refractivity (Wildman–Crippen MR) is 343 cm³/mol. The lowest BCUT2D eigenvalue weighted by atomic mass is 9.72. The van der Waals surface area contributed by atoms with Crippen molar-refractivity contribution >= 4 is 64.6 Å². The zero-order valence-electron chi connectivity index (χ0n) is 54.1. The van der Waals surface area contributed by atoms with E-state index in [9.17, 15) is 38.7 Å². The number of hydrogen-bond acceptors (Lipinski definition) is 17. The number of carbonyl (C=O) groups excluding carboxylic acids is 7. The molecule has 0 saturated carbocycles. The molecule has 5 aliphatic heterocycles. The average molecular weight is 1300 g/mol. The van der Waals surface area contributed by atoms with Crippen molar-refractivity contribution in [1.82, 2.24) is 20.9 Å². The van der Waals surface area contributed by atoms with E-state index in [4.69, 9.17) is 54.2 Å². The SMILES string of the molecule is COc1cc2cc(c1Cl)N(C)C(=O)C[C@H](OC(=O)[C@@H](C)N(C)C(=O)CCCCCNC(=O)CCOCCOCCOCCOCCNC(=O)CCC(=O)N1Cc3ccccc3C#Cc3ccccc31)[C@@]1(C)CC(C)(O1)C1C[C@@](O)(NC(=O)O1)[C@H](OC)/C=C/C=C(\C)C2. The Bertz CT molecular complexity index is 3200. The van der Waals surface area contributed by atoms with Gasteiger partial charge in [-0.3, -0.25) is 29.3 Å². The largest absolute Gasteiger partial charge is 0.495 e. The number of anilines is 2. The Kier molecular flexibility index (Phi) is 27.0. The van der Waals surface area contributed by atoms with Crippen molar-refractivity contribution in [3.05, 3.63) is 112 Å². The first kappa shape index (κ1) is 72.0. The van der Waals surface area contributed by atoms with Gasteiger partial charge in [0.15, 0.2) is 5.72 Å². The summed E-state index contributed by atoms with van der Waals surface area (Å²) in [5.74, 6) is 4.61. The highest BCUT2D eigenvalue weighted by molar-refractivity contribution is 6.35. The number of halogens is 1. The molecule has 0 spiro atoms. The summed E-state index contributed by atoms with van der Waals surface area (Å²) in [5.41, 5.74) is 0.935. The smallest absolute Gasteiger partial charge is 0.409 e. The van der Waals surface area contributed by atoms with Gasteiger partial charge in [0.05, 0.1) is 84.3 Å². The number of para-hydroxylation sites is 1. The third kappa shape index (κ3) is 20.1. The number of carbonyl (C=O) groups is 7. The topological polar surface area (TPSA) is 269 Å². The van der Waals surface area contributed by atoms with E-state index in [0.29, 0.717) is 103 Å². The van der Waals surface area contributed by atoms with E-state index < -0.39 is 59.3 Å². The fourth-order valence-electron chi connectivity index (χ4n) is 11.4. The zero-order chi connectivity index (χ0) is 66.4. The fourth-order valence-corrected chi connectivity index (χ4v) is 11.7. The minimum Gasteiger partial charge on any atom is -0.495 e. The highest BCUT2D eigenvalue weighted by atomic mass is 35.5. The molecule has 92 heavy (non-hydrogen) atoms. The van der Waals surface area contributed by atoms with Crippen molar-refractivity contribution in [1.29, 1.82) is 0 Å². The summed E-state index contributed by atoms with van der Waals surface area (Å²) >= 11 is 6.83. The maximum Gasteiger partial charge on any atom is 0.409 e. The van der Waals surface area contributed by atoms with E-state index in [1.807, 2.05) is 61.5 Å². The lowest BCUT2D eigenvalue weighted by molar-refractivity contribution is -0.328. The number of esters is 1. The molecule has 4 N–H and O–H groups in total. The lowest BCUT2D eigenvalue weighted by Crippen LogP contribution is -2.72. The molecule has 23 nitrogen and oxygen atoms in total. The van der Waals surface area contributed by atoms with Crippen LogP contribution in [0.1, 0.15) is 114 Å². The van der Waals surface area contributed by atoms with Crippen LogP contribution in [0.4, 0.5) is 16.2 Å². The Labute approximate surface area is 544 Å². The number of likely N-dealkylation sites (N-methyl/N-ethyl adjacent to an activating group) is 1. The van der Waals surface area contributed by atoms with Gasteiger partial charge in [-0.05, 0) is 88.4 Å². The number of nitrogens with one attached hydrogen (secondary N) is 3. The first-order valence-electron chi connectivity index (χ1n) is 31.3. The predicted octanol–water partition coefficient (Wildman–Crippen LogP) is 6.63. The van der Waals surface area contributed by atoms with Gasteiger partial charge in [-0.1, -0.05) is 84.0 Å². The van der Waals surface area contributed by atoms with E-state index in [-0.39, 0.29) is 80.2 Å². The summed E-state index contributed by atoms with van der Waals surface area (Å²) in [6.07, 6.45) is 3.32. The molecule has 7 atom stereocenters. The third-order valence-electron chi connectivity index (χ3n) is 16.7. The molecule has 3 aromatic carbocycles. The number of alkyl carbamates (subject to hydrolysis) is 1. The normalized spacial score (nSPS) is 23.2. The molecule has 5 heterocycles. The molecule has 8 rings (SSSR count). The quantitative estimate of drug-likeness (QED) is 0.0322. The first-order chi connectivity index (χ1) is 44.1. The number of ether oxygens (including phenoxy) is 9. The van der Waals surface area contributed by atoms with Crippen LogP contribution in [-0.4, -0.2) is 187 Å². The molecular weight excluding hydrogens is 1210 g/mol. The number of aliphatic hydroxyl groups is 1. The van der Waals surface area contributed by atoms with Gasteiger partial charge < -0.3 is 73.1 Å². The molecular formula is C68H89ClN6O17. The molecule has 5 aliphatic rings. The Hall–Kier alpha value is -7.40. The number of allylic oxidation sites excluding steroid dienone is 3. The Morgan fingerprint density at radius 2 is 1.46 bits per heavy atom. The van der Waals surface area contributed by atoms with Crippen LogP contribution in [0.15, 0.2) is 84.5 Å². The van der Waals surface area contributed by atoms with E-state index >= 15 is 0 Å². The van der Waals surface area contributed by atoms with E-state index in [1.165, 1.54) is 38.0 Å². The van der Waals surface area contributed by atoms with Crippen LogP contribution in [0.3, 0.4) is 0 Å². The van der Waals surface area contributed by atoms with Gasteiger partial charge in [-0.15, -0.1) is 0 Å². The number of fused-ring (bicyclic) bond motifs is 8. The number of methoxy groups -OCH3 is 2. The van der Waals surface area contributed by atoms with Crippen molar-refractivity contribution in [2.75, 3.05) is 104 Å². The van der Waals surface area contributed by atoms with Gasteiger partial charge in [0.25, 0.3) is 0 Å². The molecule has 6 amide bonds. The molecule has 0 aromatic heterocycles.